The lowest BCUT2D eigenvalue weighted by Crippen LogP contribution is -2.41. The second kappa shape index (κ2) is 9.23. The molecule has 0 aromatic heterocycles. The normalized spacial score (nSPS) is 11.1. The van der Waals surface area contributed by atoms with E-state index in [-0.39, 0.29) is 17.1 Å². The predicted octanol–water partition coefficient (Wildman–Crippen LogP) is 2.06. The van der Waals surface area contributed by atoms with Gasteiger partial charge in [0.25, 0.3) is 5.91 Å². The molecule has 1 atom stereocenters. The zero-order valence-corrected chi connectivity index (χ0v) is 15.1. The minimum Gasteiger partial charge on any atom is -0.496 e. The maximum absolute atomic E-state index is 12.8. The number of esters is 1. The lowest BCUT2D eigenvalue weighted by atomic mass is 10.1. The minimum absolute atomic E-state index is 0.0381. The summed E-state index contributed by atoms with van der Waals surface area (Å²) in [5.74, 6) is -1.15. The molecule has 2 N–H and O–H groups in total. The van der Waals surface area contributed by atoms with Gasteiger partial charge in [-0.2, -0.15) is 0 Å². The molecule has 0 aliphatic carbocycles. The second-order valence-corrected chi connectivity index (χ2v) is 5.30. The van der Waals surface area contributed by atoms with Crippen molar-refractivity contribution >= 4 is 17.9 Å². The van der Waals surface area contributed by atoms with Crippen LogP contribution in [0.3, 0.4) is 0 Å². The van der Waals surface area contributed by atoms with Crippen molar-refractivity contribution in [2.45, 2.75) is 6.10 Å². The number of carbonyl (C=O) groups excluding carboxylic acids is 3. The van der Waals surface area contributed by atoms with Crippen LogP contribution in [0.25, 0.3) is 0 Å². The molecule has 0 spiro atoms. The van der Waals surface area contributed by atoms with E-state index >= 15 is 0 Å². The van der Waals surface area contributed by atoms with E-state index in [2.05, 4.69) is 10.6 Å². The molecule has 2 rings (SSSR count). The highest BCUT2D eigenvalue weighted by atomic mass is 16.6. The summed E-state index contributed by atoms with van der Waals surface area (Å²) in [5, 5.41) is 4.39. The molecule has 0 fully saturated rings. The first-order valence-electron chi connectivity index (χ1n) is 8.01. The van der Waals surface area contributed by atoms with Gasteiger partial charge in [0.1, 0.15) is 17.1 Å². The van der Waals surface area contributed by atoms with Gasteiger partial charge in [-0.1, -0.05) is 36.4 Å². The molecule has 0 radical (unpaired) electrons. The van der Waals surface area contributed by atoms with Crippen molar-refractivity contribution in [3.63, 3.8) is 0 Å². The first-order valence-corrected chi connectivity index (χ1v) is 8.01. The van der Waals surface area contributed by atoms with Crippen molar-refractivity contribution in [2.75, 3.05) is 21.3 Å². The lowest BCUT2D eigenvalue weighted by molar-refractivity contribution is -0.129. The van der Waals surface area contributed by atoms with Crippen molar-refractivity contribution in [3.05, 3.63) is 59.7 Å². The third kappa shape index (κ3) is 4.75. The van der Waals surface area contributed by atoms with Gasteiger partial charge < -0.3 is 19.5 Å². The average molecular weight is 372 g/mol. The van der Waals surface area contributed by atoms with Gasteiger partial charge in [0.2, 0.25) is 6.10 Å². The third-order valence-corrected chi connectivity index (χ3v) is 3.66. The van der Waals surface area contributed by atoms with E-state index in [0.717, 1.165) is 0 Å². The standard InChI is InChI=1S/C19H20N2O6/c1-20-19(24)21-17(22)16(12-8-5-4-6-9-12)27-18(23)15-13(25-2)10-7-11-14(15)26-3/h4-11,16H,1-3H3,(H2,20,21,22,24)/t16-/m1/s1. The van der Waals surface area contributed by atoms with E-state index in [1.165, 1.54) is 21.3 Å². The number of methoxy groups -OCH3 is 2. The van der Waals surface area contributed by atoms with Gasteiger partial charge in [0.05, 0.1) is 14.2 Å². The summed E-state index contributed by atoms with van der Waals surface area (Å²) >= 11 is 0. The summed E-state index contributed by atoms with van der Waals surface area (Å²) in [4.78, 5) is 36.8. The van der Waals surface area contributed by atoms with Crippen molar-refractivity contribution in [1.29, 1.82) is 0 Å². The van der Waals surface area contributed by atoms with Crippen molar-refractivity contribution in [3.8, 4) is 11.5 Å². The molecule has 142 valence electrons. The molecule has 0 aliphatic rings. The smallest absolute Gasteiger partial charge is 0.346 e. The van der Waals surface area contributed by atoms with Gasteiger partial charge in [-0.3, -0.25) is 10.1 Å². The SMILES string of the molecule is CNC(=O)NC(=O)[C@H](OC(=O)c1c(OC)cccc1OC)c1ccccc1. The Morgan fingerprint density at radius 2 is 1.48 bits per heavy atom. The number of urea groups is 1. The molecule has 0 aliphatic heterocycles. The van der Waals surface area contributed by atoms with E-state index in [9.17, 15) is 14.4 Å². The van der Waals surface area contributed by atoms with Crippen LogP contribution in [-0.4, -0.2) is 39.2 Å². The number of benzene rings is 2. The van der Waals surface area contributed by atoms with Gasteiger partial charge in [0.15, 0.2) is 0 Å². The topological polar surface area (TPSA) is 103 Å². The summed E-state index contributed by atoms with van der Waals surface area (Å²) < 4.78 is 15.8. The maximum atomic E-state index is 12.8. The maximum Gasteiger partial charge on any atom is 0.346 e. The first-order chi connectivity index (χ1) is 13.0. The van der Waals surface area contributed by atoms with E-state index in [1.54, 1.807) is 48.5 Å². The van der Waals surface area contributed by atoms with Crippen LogP contribution in [0.5, 0.6) is 11.5 Å². The number of nitrogens with one attached hydrogen (secondary N) is 2. The fourth-order valence-corrected chi connectivity index (χ4v) is 2.36. The molecule has 0 heterocycles. The summed E-state index contributed by atoms with van der Waals surface area (Å²) in [5.41, 5.74) is 0.442. The van der Waals surface area contributed by atoms with Gasteiger partial charge in [-0.25, -0.2) is 9.59 Å². The molecule has 0 unspecified atom stereocenters. The van der Waals surface area contributed by atoms with Crippen LogP contribution < -0.4 is 20.1 Å². The van der Waals surface area contributed by atoms with Crippen LogP contribution in [0.15, 0.2) is 48.5 Å². The highest BCUT2D eigenvalue weighted by Crippen LogP contribution is 2.31. The van der Waals surface area contributed by atoms with Gasteiger partial charge >= 0.3 is 12.0 Å². The molecule has 3 amide bonds. The molecule has 2 aromatic carbocycles. The van der Waals surface area contributed by atoms with Crippen molar-refractivity contribution in [1.82, 2.24) is 10.6 Å². The fraction of sp³-hybridized carbons (Fsp3) is 0.211. The van der Waals surface area contributed by atoms with Crippen molar-refractivity contribution < 1.29 is 28.6 Å². The molecule has 8 heteroatoms. The number of carbonyl (C=O) groups is 3. The molecule has 8 nitrogen and oxygen atoms in total. The van der Waals surface area contributed by atoms with Gasteiger partial charge in [-0.15, -0.1) is 0 Å². The van der Waals surface area contributed by atoms with E-state index in [1.807, 2.05) is 0 Å². The Bertz CT molecular complexity index is 800. The summed E-state index contributed by atoms with van der Waals surface area (Å²) in [7, 11) is 4.17. The van der Waals surface area contributed by atoms with Crippen LogP contribution in [0.1, 0.15) is 22.0 Å². The van der Waals surface area contributed by atoms with Crippen LogP contribution in [0.4, 0.5) is 4.79 Å². The van der Waals surface area contributed by atoms with Crippen LogP contribution >= 0.6 is 0 Å². The third-order valence-electron chi connectivity index (χ3n) is 3.66. The minimum atomic E-state index is -1.34. The Hall–Kier alpha value is -3.55. The zero-order chi connectivity index (χ0) is 19.8. The fourth-order valence-electron chi connectivity index (χ4n) is 2.36. The monoisotopic (exact) mass is 372 g/mol. The Kier molecular flexibility index (Phi) is 6.76. The Morgan fingerprint density at radius 3 is 2.00 bits per heavy atom. The number of hydrogen-bond donors (Lipinski definition) is 2. The number of imide groups is 1. The van der Waals surface area contributed by atoms with Crippen LogP contribution in [0.2, 0.25) is 0 Å². The van der Waals surface area contributed by atoms with Gasteiger partial charge in [-0.05, 0) is 12.1 Å². The largest absolute Gasteiger partial charge is 0.496 e. The zero-order valence-electron chi connectivity index (χ0n) is 15.1. The van der Waals surface area contributed by atoms with Crippen LogP contribution in [-0.2, 0) is 9.53 Å². The second-order valence-electron chi connectivity index (χ2n) is 5.30. The highest BCUT2D eigenvalue weighted by molar-refractivity contribution is 6.00. The van der Waals surface area contributed by atoms with Gasteiger partial charge in [0, 0.05) is 12.6 Å². The summed E-state index contributed by atoms with van der Waals surface area (Å²) in [6.07, 6.45) is -1.34. The van der Waals surface area contributed by atoms with Crippen LogP contribution in [0, 0.1) is 0 Å². The molecular formula is C19H20N2O6. The molecule has 0 saturated carbocycles. The Morgan fingerprint density at radius 1 is 0.889 bits per heavy atom. The molecule has 0 saturated heterocycles. The summed E-state index contributed by atoms with van der Waals surface area (Å²) in [6, 6.07) is 12.4. The molecule has 0 bridgehead atoms. The molecule has 27 heavy (non-hydrogen) atoms. The first kappa shape index (κ1) is 19.8. The number of amides is 3. The molecule has 2 aromatic rings. The quantitative estimate of drug-likeness (QED) is 0.753. The number of ether oxygens (including phenoxy) is 3. The lowest BCUT2D eigenvalue weighted by Gasteiger charge is -2.19. The highest BCUT2D eigenvalue weighted by Gasteiger charge is 2.29. The Labute approximate surface area is 156 Å². The predicted molar refractivity (Wildman–Crippen MR) is 96.7 cm³/mol. The Balaban J connectivity index is 2.37. The average Bonchev–Trinajstić information content (AvgIpc) is 2.71. The van der Waals surface area contributed by atoms with E-state index in [0.29, 0.717) is 5.56 Å². The van der Waals surface area contributed by atoms with Crippen molar-refractivity contribution in [2.24, 2.45) is 0 Å². The van der Waals surface area contributed by atoms with E-state index in [4.69, 9.17) is 14.2 Å². The number of rotatable bonds is 6. The number of hydrogen-bond acceptors (Lipinski definition) is 6. The summed E-state index contributed by atoms with van der Waals surface area (Å²) in [6.45, 7) is 0. The molecular weight excluding hydrogens is 352 g/mol. The van der Waals surface area contributed by atoms with E-state index < -0.39 is 24.0 Å².